The number of nitrogens with zero attached hydrogens (tertiary/aromatic N) is 6. The molecule has 1 fully saturated rings. The van der Waals surface area contributed by atoms with Gasteiger partial charge >= 0.3 is 0 Å². The molecule has 0 amide bonds. The highest BCUT2D eigenvalue weighted by Crippen LogP contribution is 2.22. The maximum atomic E-state index is 12.6. The molecule has 0 radical (unpaired) electrons. The normalized spacial score (nSPS) is 18.3. The van der Waals surface area contributed by atoms with Crippen molar-refractivity contribution in [1.82, 2.24) is 29.7 Å². The van der Waals surface area contributed by atoms with E-state index in [0.29, 0.717) is 36.6 Å². The number of aryl methyl sites for hydroxylation is 2. The lowest BCUT2D eigenvalue weighted by atomic mass is 10.3. The molecule has 4 heterocycles. The summed E-state index contributed by atoms with van der Waals surface area (Å²) in [5, 5.41) is 15.9. The van der Waals surface area contributed by atoms with E-state index in [2.05, 4.69) is 25.2 Å². The van der Waals surface area contributed by atoms with Crippen LogP contribution in [0, 0.1) is 13.8 Å². The van der Waals surface area contributed by atoms with Gasteiger partial charge in [0.2, 0.25) is 10.0 Å². The molecule has 1 saturated heterocycles. The Morgan fingerprint density at radius 3 is 2.92 bits per heavy atom. The lowest BCUT2D eigenvalue weighted by Gasteiger charge is -2.17. The van der Waals surface area contributed by atoms with Crippen molar-refractivity contribution < 1.29 is 12.9 Å². The molecule has 3 aromatic rings. The molecule has 0 spiro atoms. The first-order valence-corrected chi connectivity index (χ1v) is 9.29. The molecule has 0 aliphatic carbocycles. The Morgan fingerprint density at radius 2 is 2.16 bits per heavy atom. The number of anilines is 1. The highest BCUT2D eigenvalue weighted by Gasteiger charge is 2.31. The monoisotopic (exact) mass is 363 g/mol. The number of hydrogen-bond acceptors (Lipinski definition) is 8. The zero-order chi connectivity index (χ0) is 17.6. The summed E-state index contributed by atoms with van der Waals surface area (Å²) in [6, 6.07) is 3.48. The fourth-order valence-electron chi connectivity index (χ4n) is 3.09. The smallest absolute Gasteiger partial charge is 0.246 e. The molecule has 0 saturated carbocycles. The van der Waals surface area contributed by atoms with Gasteiger partial charge < -0.3 is 9.42 Å². The second-order valence-corrected chi connectivity index (χ2v) is 7.68. The molecule has 0 bridgehead atoms. The lowest BCUT2D eigenvalue weighted by Crippen LogP contribution is -2.37. The van der Waals surface area contributed by atoms with Gasteiger partial charge in [0.15, 0.2) is 11.4 Å². The average molecular weight is 363 g/mol. The van der Waals surface area contributed by atoms with E-state index in [1.165, 1.54) is 6.33 Å². The SMILES string of the molecule is Cc1noc(C)c1S(=O)(=O)N[C@@H]1CCN(c2ccc3nncn3n2)C1. The predicted molar refractivity (Wildman–Crippen MR) is 87.7 cm³/mol. The van der Waals surface area contributed by atoms with Gasteiger partial charge in [-0.1, -0.05) is 5.16 Å². The minimum Gasteiger partial charge on any atom is -0.360 e. The van der Waals surface area contributed by atoms with E-state index in [-0.39, 0.29) is 10.9 Å². The second kappa shape index (κ2) is 5.77. The van der Waals surface area contributed by atoms with Gasteiger partial charge in [0.05, 0.1) is 0 Å². The van der Waals surface area contributed by atoms with Crippen molar-refractivity contribution in [1.29, 1.82) is 0 Å². The second-order valence-electron chi connectivity index (χ2n) is 6.03. The largest absolute Gasteiger partial charge is 0.360 e. The van der Waals surface area contributed by atoms with Crippen LogP contribution >= 0.6 is 0 Å². The molecule has 11 heteroatoms. The molecule has 25 heavy (non-hydrogen) atoms. The van der Waals surface area contributed by atoms with Gasteiger partial charge in [0.25, 0.3) is 0 Å². The summed E-state index contributed by atoms with van der Waals surface area (Å²) in [5.74, 6) is 1.05. The van der Waals surface area contributed by atoms with E-state index < -0.39 is 10.0 Å². The highest BCUT2D eigenvalue weighted by atomic mass is 32.2. The van der Waals surface area contributed by atoms with Crippen molar-refractivity contribution in [3.63, 3.8) is 0 Å². The Morgan fingerprint density at radius 1 is 1.32 bits per heavy atom. The summed E-state index contributed by atoms with van der Waals surface area (Å²) >= 11 is 0. The van der Waals surface area contributed by atoms with Crippen molar-refractivity contribution in [3.05, 3.63) is 29.9 Å². The van der Waals surface area contributed by atoms with Gasteiger partial charge in [-0.05, 0) is 32.4 Å². The van der Waals surface area contributed by atoms with Crippen LogP contribution < -0.4 is 9.62 Å². The molecular formula is C14H17N7O3S. The van der Waals surface area contributed by atoms with Gasteiger partial charge in [-0.2, -0.15) is 4.52 Å². The van der Waals surface area contributed by atoms with Crippen molar-refractivity contribution in [2.45, 2.75) is 31.2 Å². The number of hydrogen-bond donors (Lipinski definition) is 1. The van der Waals surface area contributed by atoms with Gasteiger partial charge in [-0.15, -0.1) is 15.3 Å². The first kappa shape index (κ1) is 16.0. The van der Waals surface area contributed by atoms with Crippen LogP contribution in [-0.4, -0.2) is 52.5 Å². The summed E-state index contributed by atoms with van der Waals surface area (Å²) in [6.07, 6.45) is 2.22. The van der Waals surface area contributed by atoms with E-state index in [4.69, 9.17) is 4.52 Å². The molecule has 1 N–H and O–H groups in total. The molecule has 0 aromatic carbocycles. The van der Waals surface area contributed by atoms with Gasteiger partial charge in [0, 0.05) is 19.1 Å². The maximum Gasteiger partial charge on any atom is 0.246 e. The number of nitrogens with one attached hydrogen (secondary N) is 1. The number of fused-ring (bicyclic) bond motifs is 1. The first-order valence-electron chi connectivity index (χ1n) is 7.81. The number of sulfonamides is 1. The Bertz CT molecular complexity index is 1010. The summed E-state index contributed by atoms with van der Waals surface area (Å²) < 4.78 is 34.5. The molecular weight excluding hydrogens is 346 g/mol. The molecule has 10 nitrogen and oxygen atoms in total. The summed E-state index contributed by atoms with van der Waals surface area (Å²) in [5.41, 5.74) is 1.03. The van der Waals surface area contributed by atoms with Gasteiger partial charge in [0.1, 0.15) is 22.7 Å². The standard InChI is InChI=1S/C14H17N7O3S/c1-9-14(10(2)24-18-9)25(22,23)19-11-5-6-20(7-11)13-4-3-12-16-15-8-21(12)17-13/h3-4,8,11,19H,5-7H2,1-2H3/t11-/m1/s1. The van der Waals surface area contributed by atoms with Crippen molar-refractivity contribution in [2.24, 2.45) is 0 Å². The molecule has 132 valence electrons. The summed E-state index contributed by atoms with van der Waals surface area (Å²) in [7, 11) is -3.67. The van der Waals surface area contributed by atoms with Crippen LogP contribution in [0.3, 0.4) is 0 Å². The van der Waals surface area contributed by atoms with Crippen molar-refractivity contribution in [2.75, 3.05) is 18.0 Å². The number of rotatable bonds is 4. The topological polar surface area (TPSA) is 119 Å². The Balaban J connectivity index is 1.50. The van der Waals surface area contributed by atoms with Crippen LogP contribution in [0.5, 0.6) is 0 Å². The third-order valence-electron chi connectivity index (χ3n) is 4.22. The molecule has 1 aliphatic heterocycles. The maximum absolute atomic E-state index is 12.6. The van der Waals surface area contributed by atoms with Gasteiger partial charge in [-0.3, -0.25) is 0 Å². The Kier molecular flexibility index (Phi) is 3.69. The van der Waals surface area contributed by atoms with E-state index in [1.54, 1.807) is 18.4 Å². The summed E-state index contributed by atoms with van der Waals surface area (Å²) in [4.78, 5) is 2.15. The van der Waals surface area contributed by atoms with E-state index in [0.717, 1.165) is 5.82 Å². The third-order valence-corrected chi connectivity index (χ3v) is 5.98. The minimum atomic E-state index is -3.67. The van der Waals surface area contributed by atoms with Crippen LogP contribution in [0.1, 0.15) is 17.9 Å². The van der Waals surface area contributed by atoms with Crippen LogP contribution in [0.4, 0.5) is 5.82 Å². The fourth-order valence-corrected chi connectivity index (χ4v) is 4.68. The molecule has 0 unspecified atom stereocenters. The van der Waals surface area contributed by atoms with Crippen molar-refractivity contribution >= 4 is 21.5 Å². The van der Waals surface area contributed by atoms with Crippen LogP contribution in [0.15, 0.2) is 27.9 Å². The van der Waals surface area contributed by atoms with E-state index in [1.807, 2.05) is 17.0 Å². The van der Waals surface area contributed by atoms with Gasteiger partial charge in [-0.25, -0.2) is 13.1 Å². The third kappa shape index (κ3) is 2.85. The minimum absolute atomic E-state index is 0.120. The fraction of sp³-hybridized carbons (Fsp3) is 0.429. The first-order chi connectivity index (χ1) is 11.9. The highest BCUT2D eigenvalue weighted by molar-refractivity contribution is 7.89. The number of aromatic nitrogens is 5. The zero-order valence-electron chi connectivity index (χ0n) is 13.7. The van der Waals surface area contributed by atoms with Crippen LogP contribution in [-0.2, 0) is 10.0 Å². The molecule has 1 atom stereocenters. The van der Waals surface area contributed by atoms with E-state index in [9.17, 15) is 8.42 Å². The summed E-state index contributed by atoms with van der Waals surface area (Å²) in [6.45, 7) is 4.44. The van der Waals surface area contributed by atoms with Crippen LogP contribution in [0.25, 0.3) is 5.65 Å². The quantitative estimate of drug-likeness (QED) is 0.702. The van der Waals surface area contributed by atoms with Crippen molar-refractivity contribution in [3.8, 4) is 0 Å². The molecule has 3 aromatic heterocycles. The van der Waals surface area contributed by atoms with E-state index >= 15 is 0 Å². The molecule has 1 aliphatic rings. The van der Waals surface area contributed by atoms with Crippen LogP contribution in [0.2, 0.25) is 0 Å². The lowest BCUT2D eigenvalue weighted by molar-refractivity contribution is 0.390. The average Bonchev–Trinajstić information content (AvgIpc) is 3.26. The Labute approximate surface area is 143 Å². The predicted octanol–water partition coefficient (Wildman–Crippen LogP) is 0.286. The zero-order valence-corrected chi connectivity index (χ0v) is 14.6. The Hall–Kier alpha value is -2.53. The molecule has 4 rings (SSSR count).